The Morgan fingerprint density at radius 3 is 2.92 bits per heavy atom. The van der Waals surface area contributed by atoms with Gasteiger partial charge in [-0.25, -0.2) is 9.97 Å². The average molecular weight is 204 g/mol. The Kier molecular flexibility index (Phi) is 1.85. The van der Waals surface area contributed by atoms with Gasteiger partial charge in [0.25, 0.3) is 0 Å². The molecule has 12 heavy (non-hydrogen) atoms. The summed E-state index contributed by atoms with van der Waals surface area (Å²) in [6, 6.07) is 0.366. The van der Waals surface area contributed by atoms with Crippen LogP contribution in [0.15, 0.2) is 0 Å². The highest BCUT2D eigenvalue weighted by Gasteiger charge is 2.22. The van der Waals surface area contributed by atoms with E-state index in [-0.39, 0.29) is 5.28 Å². The van der Waals surface area contributed by atoms with Crippen LogP contribution in [0.3, 0.4) is 0 Å². The molecule has 1 aliphatic heterocycles. The molecule has 1 aromatic heterocycles. The van der Waals surface area contributed by atoms with E-state index in [0.29, 0.717) is 11.2 Å². The topological polar surface area (TPSA) is 37.8 Å². The predicted octanol–water partition coefficient (Wildman–Crippen LogP) is 2.14. The molecule has 0 saturated heterocycles. The summed E-state index contributed by atoms with van der Waals surface area (Å²) >= 11 is 11.5. The van der Waals surface area contributed by atoms with Crippen LogP contribution in [0, 0.1) is 0 Å². The van der Waals surface area contributed by atoms with Crippen LogP contribution in [0.25, 0.3) is 0 Å². The van der Waals surface area contributed by atoms with E-state index in [0.717, 1.165) is 17.8 Å². The number of hydrogen-bond donors (Lipinski definition) is 1. The van der Waals surface area contributed by atoms with Crippen molar-refractivity contribution in [3.8, 4) is 0 Å². The number of nitrogens with one attached hydrogen (secondary N) is 1. The summed E-state index contributed by atoms with van der Waals surface area (Å²) < 4.78 is 0. The molecule has 2 heterocycles. The van der Waals surface area contributed by atoms with Gasteiger partial charge < -0.3 is 5.32 Å². The molecule has 5 heteroatoms. The molecule has 0 amide bonds. The summed E-state index contributed by atoms with van der Waals surface area (Å²) in [7, 11) is 0. The van der Waals surface area contributed by atoms with Gasteiger partial charge in [0.2, 0.25) is 5.28 Å². The van der Waals surface area contributed by atoms with Crippen molar-refractivity contribution < 1.29 is 0 Å². The van der Waals surface area contributed by atoms with Gasteiger partial charge >= 0.3 is 0 Å². The first-order valence-electron chi connectivity index (χ1n) is 3.65. The first kappa shape index (κ1) is 8.08. The fourth-order valence-electron chi connectivity index (χ4n) is 1.32. The third-order valence-corrected chi connectivity index (χ3v) is 2.30. The molecule has 1 aromatic rings. The number of rotatable bonds is 0. The molecule has 1 atom stereocenters. The Morgan fingerprint density at radius 1 is 1.42 bits per heavy atom. The molecule has 1 aliphatic rings. The van der Waals surface area contributed by atoms with Crippen LogP contribution in [0.2, 0.25) is 10.4 Å². The van der Waals surface area contributed by atoms with Crippen LogP contribution < -0.4 is 5.32 Å². The summed E-state index contributed by atoms with van der Waals surface area (Å²) in [5.41, 5.74) is 0.966. The minimum absolute atomic E-state index is 0.195. The number of hydrogen-bond acceptors (Lipinski definition) is 3. The van der Waals surface area contributed by atoms with E-state index < -0.39 is 0 Å². The van der Waals surface area contributed by atoms with Crippen molar-refractivity contribution in [2.75, 3.05) is 5.32 Å². The van der Waals surface area contributed by atoms with Crippen molar-refractivity contribution in [3.63, 3.8) is 0 Å². The Morgan fingerprint density at radius 2 is 2.17 bits per heavy atom. The molecule has 0 saturated carbocycles. The molecule has 3 nitrogen and oxygen atoms in total. The summed E-state index contributed by atoms with van der Waals surface area (Å²) in [6.45, 7) is 2.06. The lowest BCUT2D eigenvalue weighted by Gasteiger charge is -2.00. The highest BCUT2D eigenvalue weighted by atomic mass is 35.5. The lowest BCUT2D eigenvalue weighted by molar-refractivity contribution is 0.837. The van der Waals surface area contributed by atoms with Gasteiger partial charge in [-0.2, -0.15) is 0 Å². The highest BCUT2D eigenvalue weighted by molar-refractivity contribution is 6.32. The van der Waals surface area contributed by atoms with Crippen LogP contribution in [0.4, 0.5) is 5.82 Å². The minimum atomic E-state index is 0.195. The predicted molar refractivity (Wildman–Crippen MR) is 48.8 cm³/mol. The van der Waals surface area contributed by atoms with Crippen molar-refractivity contribution in [2.45, 2.75) is 19.4 Å². The van der Waals surface area contributed by atoms with Crippen molar-refractivity contribution >= 4 is 29.0 Å². The zero-order chi connectivity index (χ0) is 8.72. The molecule has 0 aliphatic carbocycles. The van der Waals surface area contributed by atoms with Crippen LogP contribution in [-0.2, 0) is 6.42 Å². The van der Waals surface area contributed by atoms with E-state index in [1.54, 1.807) is 0 Å². The summed E-state index contributed by atoms with van der Waals surface area (Å²) in [5.74, 6) is 0.771. The van der Waals surface area contributed by atoms with Gasteiger partial charge in [0.05, 0.1) is 0 Å². The molecule has 0 fully saturated rings. The van der Waals surface area contributed by atoms with E-state index >= 15 is 0 Å². The van der Waals surface area contributed by atoms with Crippen LogP contribution >= 0.6 is 23.2 Å². The number of fused-ring (bicyclic) bond motifs is 1. The minimum Gasteiger partial charge on any atom is -0.367 e. The Balaban J connectivity index is 2.52. The van der Waals surface area contributed by atoms with E-state index in [1.165, 1.54) is 0 Å². The zero-order valence-electron chi connectivity index (χ0n) is 6.43. The molecule has 1 N–H and O–H groups in total. The monoisotopic (exact) mass is 203 g/mol. The van der Waals surface area contributed by atoms with Crippen LogP contribution in [0.5, 0.6) is 0 Å². The molecule has 0 radical (unpaired) electrons. The molecule has 0 bridgehead atoms. The van der Waals surface area contributed by atoms with Gasteiger partial charge in [0, 0.05) is 11.6 Å². The van der Waals surface area contributed by atoms with Crippen LogP contribution in [-0.4, -0.2) is 16.0 Å². The maximum Gasteiger partial charge on any atom is 0.225 e. The Labute approximate surface area is 80.1 Å². The summed E-state index contributed by atoms with van der Waals surface area (Å²) in [4.78, 5) is 7.88. The van der Waals surface area contributed by atoms with Gasteiger partial charge in [-0.1, -0.05) is 11.6 Å². The number of nitrogens with zero attached hydrogens (tertiary/aromatic N) is 2. The van der Waals surface area contributed by atoms with Gasteiger partial charge in [0.15, 0.2) is 0 Å². The van der Waals surface area contributed by atoms with Crippen molar-refractivity contribution in [1.29, 1.82) is 0 Å². The average Bonchev–Trinajstić information content (AvgIpc) is 2.29. The highest BCUT2D eigenvalue weighted by Crippen LogP contribution is 2.29. The second-order valence-corrected chi connectivity index (χ2v) is 3.56. The molecule has 0 spiro atoms. The molecule has 2 rings (SSSR count). The fourth-order valence-corrected chi connectivity index (χ4v) is 1.78. The van der Waals surface area contributed by atoms with Gasteiger partial charge in [-0.15, -0.1) is 0 Å². The number of anilines is 1. The third kappa shape index (κ3) is 1.23. The van der Waals surface area contributed by atoms with Gasteiger partial charge in [-0.3, -0.25) is 0 Å². The molecule has 64 valence electrons. The second kappa shape index (κ2) is 2.75. The molecule has 0 unspecified atom stereocenters. The maximum absolute atomic E-state index is 5.86. The Hall–Kier alpha value is -0.540. The molecular formula is C7H7Cl2N3. The van der Waals surface area contributed by atoms with Gasteiger partial charge in [-0.05, 0) is 24.9 Å². The van der Waals surface area contributed by atoms with Crippen molar-refractivity contribution in [1.82, 2.24) is 9.97 Å². The SMILES string of the molecule is C[C@H]1Cc2c(Cl)nc(Cl)nc2N1. The first-order chi connectivity index (χ1) is 5.66. The number of halogens is 2. The zero-order valence-corrected chi connectivity index (χ0v) is 7.95. The quantitative estimate of drug-likeness (QED) is 0.519. The molecular weight excluding hydrogens is 197 g/mol. The summed E-state index contributed by atoms with van der Waals surface area (Å²) in [5, 5.41) is 3.81. The van der Waals surface area contributed by atoms with Crippen molar-refractivity contribution in [3.05, 3.63) is 16.0 Å². The third-order valence-electron chi connectivity index (χ3n) is 1.82. The normalized spacial score (nSPS) is 20.4. The Bertz CT molecular complexity index is 327. The maximum atomic E-state index is 5.86. The lowest BCUT2D eigenvalue weighted by Crippen LogP contribution is -2.08. The van der Waals surface area contributed by atoms with Crippen LogP contribution in [0.1, 0.15) is 12.5 Å². The second-order valence-electron chi connectivity index (χ2n) is 2.86. The molecule has 0 aromatic carbocycles. The summed E-state index contributed by atoms with van der Waals surface area (Å²) in [6.07, 6.45) is 0.866. The van der Waals surface area contributed by atoms with E-state index in [9.17, 15) is 0 Å². The standard InChI is InChI=1S/C7H7Cl2N3/c1-3-2-4-5(8)11-7(9)12-6(4)10-3/h3H,2H2,1H3,(H,10,11,12)/t3-/m0/s1. The van der Waals surface area contributed by atoms with Crippen molar-refractivity contribution in [2.24, 2.45) is 0 Å². The van der Waals surface area contributed by atoms with E-state index in [1.807, 2.05) is 0 Å². The fraction of sp³-hybridized carbons (Fsp3) is 0.429. The van der Waals surface area contributed by atoms with Gasteiger partial charge in [0.1, 0.15) is 11.0 Å². The lowest BCUT2D eigenvalue weighted by atomic mass is 10.2. The van der Waals surface area contributed by atoms with E-state index in [2.05, 4.69) is 22.2 Å². The largest absolute Gasteiger partial charge is 0.367 e. The first-order valence-corrected chi connectivity index (χ1v) is 4.41. The number of aromatic nitrogens is 2. The van der Waals surface area contributed by atoms with E-state index in [4.69, 9.17) is 23.2 Å². The smallest absolute Gasteiger partial charge is 0.225 e.